The molecule has 10 heteroatoms. The van der Waals surface area contributed by atoms with Crippen LogP contribution in [0.15, 0.2) is 64.3 Å². The molecule has 1 aromatic carbocycles. The van der Waals surface area contributed by atoms with Gasteiger partial charge in [0, 0.05) is 12.7 Å². The summed E-state index contributed by atoms with van der Waals surface area (Å²) in [6.07, 6.45) is 7.05. The van der Waals surface area contributed by atoms with Crippen LogP contribution < -0.4 is 17.1 Å². The standard InChI is InChI=1S/C20H18FN7O2/c21-9-15(10-22)11-28-20(30)27(12-24-28)18-8-14(5-6-23-18)2-1-13-3-4-16-17(7-13)26-19(29)25-16/h1-9,12H,10-11,22H2,(H2,25,26,29)/b2-1+,15-9+. The van der Waals surface area contributed by atoms with Crippen molar-refractivity contribution in [3.05, 3.63) is 86.9 Å². The van der Waals surface area contributed by atoms with Crippen molar-refractivity contribution in [2.75, 3.05) is 6.54 Å². The second-order valence-electron chi connectivity index (χ2n) is 6.58. The van der Waals surface area contributed by atoms with Crippen LogP contribution in [0.2, 0.25) is 0 Å². The number of pyridine rings is 1. The number of halogens is 1. The number of hydrogen-bond acceptors (Lipinski definition) is 5. The Kier molecular flexibility index (Phi) is 5.22. The van der Waals surface area contributed by atoms with Gasteiger partial charge in [-0.25, -0.2) is 28.2 Å². The minimum Gasteiger partial charge on any atom is -0.327 e. The molecule has 4 rings (SSSR count). The Morgan fingerprint density at radius 1 is 1.10 bits per heavy atom. The Labute approximate surface area is 169 Å². The molecular formula is C20H18FN7O2. The highest BCUT2D eigenvalue weighted by Crippen LogP contribution is 2.14. The summed E-state index contributed by atoms with van der Waals surface area (Å²) in [5.41, 5.74) is 8.16. The van der Waals surface area contributed by atoms with E-state index in [1.165, 1.54) is 10.9 Å². The Hall–Kier alpha value is -4.05. The number of hydrogen-bond donors (Lipinski definition) is 3. The lowest BCUT2D eigenvalue weighted by atomic mass is 10.1. The van der Waals surface area contributed by atoms with Crippen LogP contribution in [-0.2, 0) is 6.54 Å². The molecule has 3 aromatic heterocycles. The molecule has 4 N–H and O–H groups in total. The summed E-state index contributed by atoms with van der Waals surface area (Å²) in [6, 6.07) is 9.08. The van der Waals surface area contributed by atoms with Gasteiger partial charge in [-0.1, -0.05) is 18.2 Å². The first-order valence-corrected chi connectivity index (χ1v) is 9.06. The second kappa shape index (κ2) is 8.13. The Morgan fingerprint density at radius 3 is 2.63 bits per heavy atom. The summed E-state index contributed by atoms with van der Waals surface area (Å²) in [5, 5.41) is 4.00. The molecule has 0 aliphatic rings. The van der Waals surface area contributed by atoms with E-state index in [2.05, 4.69) is 20.1 Å². The van der Waals surface area contributed by atoms with Crippen LogP contribution in [-0.4, -0.2) is 35.8 Å². The van der Waals surface area contributed by atoms with Gasteiger partial charge in [0.1, 0.15) is 12.1 Å². The molecule has 0 amide bonds. The first-order chi connectivity index (χ1) is 14.6. The van der Waals surface area contributed by atoms with Crippen LogP contribution in [0.3, 0.4) is 0 Å². The predicted octanol–water partition coefficient (Wildman–Crippen LogP) is 1.58. The summed E-state index contributed by atoms with van der Waals surface area (Å²) in [6.45, 7) is -0.0289. The van der Waals surface area contributed by atoms with Gasteiger partial charge in [0.25, 0.3) is 0 Å². The van der Waals surface area contributed by atoms with E-state index in [0.29, 0.717) is 12.1 Å². The molecule has 0 atom stereocenters. The molecule has 0 aliphatic heterocycles. The molecular weight excluding hydrogens is 389 g/mol. The maximum absolute atomic E-state index is 12.7. The number of aromatic amines is 2. The van der Waals surface area contributed by atoms with Gasteiger partial charge in [0.15, 0.2) is 0 Å². The molecule has 0 unspecified atom stereocenters. The van der Waals surface area contributed by atoms with E-state index in [-0.39, 0.29) is 24.4 Å². The first kappa shape index (κ1) is 19.3. The summed E-state index contributed by atoms with van der Waals surface area (Å²) in [5.74, 6) is 0.386. The third kappa shape index (κ3) is 3.89. The summed E-state index contributed by atoms with van der Waals surface area (Å²) < 4.78 is 15.1. The van der Waals surface area contributed by atoms with Crippen LogP contribution in [0.1, 0.15) is 11.1 Å². The Bertz CT molecular complexity index is 1370. The average Bonchev–Trinajstić information content (AvgIpc) is 3.31. The van der Waals surface area contributed by atoms with Crippen molar-refractivity contribution in [1.29, 1.82) is 0 Å². The molecule has 152 valence electrons. The smallest absolute Gasteiger partial charge is 0.327 e. The van der Waals surface area contributed by atoms with Crippen LogP contribution in [0.4, 0.5) is 4.39 Å². The monoisotopic (exact) mass is 407 g/mol. The Morgan fingerprint density at radius 2 is 1.87 bits per heavy atom. The third-order valence-corrected chi connectivity index (χ3v) is 4.53. The zero-order valence-corrected chi connectivity index (χ0v) is 15.7. The summed E-state index contributed by atoms with van der Waals surface area (Å²) in [4.78, 5) is 33.5. The zero-order valence-electron chi connectivity index (χ0n) is 15.7. The van der Waals surface area contributed by atoms with Gasteiger partial charge in [-0.3, -0.25) is 0 Å². The summed E-state index contributed by atoms with van der Waals surface area (Å²) in [7, 11) is 0. The molecule has 0 saturated carbocycles. The number of fused-ring (bicyclic) bond motifs is 1. The lowest BCUT2D eigenvalue weighted by Crippen LogP contribution is -2.26. The highest BCUT2D eigenvalue weighted by molar-refractivity contribution is 5.80. The van der Waals surface area contributed by atoms with Crippen LogP contribution in [0.5, 0.6) is 0 Å². The fraction of sp³-hybridized carbons (Fsp3) is 0.100. The molecule has 0 spiro atoms. The number of aromatic nitrogens is 6. The number of rotatable bonds is 6. The van der Waals surface area contributed by atoms with Gasteiger partial charge in [0.05, 0.1) is 23.9 Å². The van der Waals surface area contributed by atoms with Crippen molar-refractivity contribution in [3.8, 4) is 5.82 Å². The van der Waals surface area contributed by atoms with Crippen LogP contribution in [0, 0.1) is 0 Å². The van der Waals surface area contributed by atoms with Crippen molar-refractivity contribution in [2.45, 2.75) is 6.54 Å². The van der Waals surface area contributed by atoms with Crippen molar-refractivity contribution < 1.29 is 4.39 Å². The molecule has 4 aromatic rings. The third-order valence-electron chi connectivity index (χ3n) is 4.53. The lowest BCUT2D eigenvalue weighted by Gasteiger charge is -2.02. The SMILES string of the molecule is NC/C(=C\F)Cn1ncn(-c2cc(/C=C/c3ccc4[nH]c(=O)[nH]c4c3)ccn2)c1=O. The number of H-pyrrole nitrogens is 2. The number of imidazole rings is 1. The molecule has 30 heavy (non-hydrogen) atoms. The van der Waals surface area contributed by atoms with Crippen LogP contribution in [0.25, 0.3) is 29.0 Å². The number of nitrogens with zero attached hydrogens (tertiary/aromatic N) is 4. The number of nitrogens with one attached hydrogen (secondary N) is 2. The second-order valence-corrected chi connectivity index (χ2v) is 6.58. The van der Waals surface area contributed by atoms with Crippen molar-refractivity contribution in [2.24, 2.45) is 5.73 Å². The quantitative estimate of drug-likeness (QED) is 0.447. The maximum Gasteiger partial charge on any atom is 0.351 e. The van der Waals surface area contributed by atoms with Crippen molar-refractivity contribution in [3.63, 3.8) is 0 Å². The minimum absolute atomic E-state index is 0.00321. The van der Waals surface area contributed by atoms with Crippen molar-refractivity contribution >= 4 is 23.2 Å². The molecule has 0 radical (unpaired) electrons. The van der Waals surface area contributed by atoms with Gasteiger partial charge < -0.3 is 15.7 Å². The fourth-order valence-corrected chi connectivity index (χ4v) is 2.95. The maximum atomic E-state index is 12.7. The van der Waals surface area contributed by atoms with E-state index in [4.69, 9.17) is 5.73 Å². The van der Waals surface area contributed by atoms with Gasteiger partial charge in [-0.05, 0) is 41.0 Å². The zero-order chi connectivity index (χ0) is 21.1. The Balaban J connectivity index is 1.59. The molecule has 9 nitrogen and oxygen atoms in total. The van der Waals surface area contributed by atoms with E-state index in [9.17, 15) is 14.0 Å². The van der Waals surface area contributed by atoms with E-state index in [0.717, 1.165) is 26.8 Å². The van der Waals surface area contributed by atoms with Crippen molar-refractivity contribution in [1.82, 2.24) is 29.3 Å². The predicted molar refractivity (Wildman–Crippen MR) is 112 cm³/mol. The number of benzene rings is 1. The minimum atomic E-state index is -0.446. The highest BCUT2D eigenvalue weighted by atomic mass is 19.1. The fourth-order valence-electron chi connectivity index (χ4n) is 2.95. The molecule has 3 heterocycles. The topological polar surface area (TPSA) is 127 Å². The molecule has 0 fully saturated rings. The van der Waals surface area contributed by atoms with Crippen LogP contribution >= 0.6 is 0 Å². The molecule has 0 aliphatic carbocycles. The van der Waals surface area contributed by atoms with Gasteiger partial charge in [-0.2, -0.15) is 5.10 Å². The largest absolute Gasteiger partial charge is 0.351 e. The van der Waals surface area contributed by atoms with E-state index < -0.39 is 5.69 Å². The van der Waals surface area contributed by atoms with E-state index in [1.807, 2.05) is 30.4 Å². The van der Waals surface area contributed by atoms with E-state index in [1.54, 1.807) is 18.3 Å². The number of nitrogens with two attached hydrogens (primary N) is 1. The lowest BCUT2D eigenvalue weighted by molar-refractivity contribution is 0.612. The first-order valence-electron chi connectivity index (χ1n) is 9.06. The molecule has 0 saturated heterocycles. The van der Waals surface area contributed by atoms with Gasteiger partial charge in [-0.15, -0.1) is 0 Å². The van der Waals surface area contributed by atoms with Gasteiger partial charge in [0.2, 0.25) is 0 Å². The normalized spacial score (nSPS) is 12.3. The molecule has 0 bridgehead atoms. The van der Waals surface area contributed by atoms with E-state index >= 15 is 0 Å². The highest BCUT2D eigenvalue weighted by Gasteiger charge is 2.09. The average molecular weight is 407 g/mol. The summed E-state index contributed by atoms with van der Waals surface area (Å²) >= 11 is 0. The van der Waals surface area contributed by atoms with Gasteiger partial charge >= 0.3 is 11.4 Å².